The van der Waals surface area contributed by atoms with E-state index < -0.39 is 15.9 Å². The van der Waals surface area contributed by atoms with E-state index in [1.165, 1.54) is 19.2 Å². The summed E-state index contributed by atoms with van der Waals surface area (Å²) in [5.41, 5.74) is 1.60. The quantitative estimate of drug-likeness (QED) is 0.718. The minimum atomic E-state index is -3.73. The van der Waals surface area contributed by atoms with Gasteiger partial charge in [0.25, 0.3) is 0 Å². The molecule has 0 aliphatic heterocycles. The summed E-state index contributed by atoms with van der Waals surface area (Å²) < 4.78 is 26.9. The Morgan fingerprint density at radius 2 is 1.77 bits per heavy atom. The topological polar surface area (TPSA) is 69.7 Å². The summed E-state index contributed by atoms with van der Waals surface area (Å²) in [6, 6.07) is 13.7. The standard InChI is InChI=1S/C18H22BrN3O3S/c1-4-21(2)16-7-5-6-15(12-16)20-18(23)13-22(3)26(24,25)17-10-8-14(19)9-11-17/h5-12H,4,13H2,1-3H3,(H,20,23). The molecule has 0 aliphatic carbocycles. The van der Waals surface area contributed by atoms with E-state index in [4.69, 9.17) is 0 Å². The van der Waals surface area contributed by atoms with Gasteiger partial charge in [0, 0.05) is 36.5 Å². The number of nitrogens with one attached hydrogen (secondary N) is 1. The molecule has 8 heteroatoms. The van der Waals surface area contributed by atoms with Gasteiger partial charge in [-0.25, -0.2) is 8.42 Å². The lowest BCUT2D eigenvalue weighted by Gasteiger charge is -2.19. The summed E-state index contributed by atoms with van der Waals surface area (Å²) in [6.07, 6.45) is 0. The van der Waals surface area contributed by atoms with E-state index in [1.807, 2.05) is 37.1 Å². The van der Waals surface area contributed by atoms with Crippen molar-refractivity contribution in [2.45, 2.75) is 11.8 Å². The first-order chi connectivity index (χ1) is 12.2. The van der Waals surface area contributed by atoms with Crippen LogP contribution in [0.1, 0.15) is 6.92 Å². The zero-order valence-electron chi connectivity index (χ0n) is 14.9. The van der Waals surface area contributed by atoms with Gasteiger partial charge in [0.15, 0.2) is 0 Å². The molecule has 0 fully saturated rings. The first-order valence-corrected chi connectivity index (χ1v) is 10.3. The molecule has 0 saturated heterocycles. The van der Waals surface area contributed by atoms with Gasteiger partial charge in [0.1, 0.15) is 0 Å². The molecule has 0 saturated carbocycles. The van der Waals surface area contributed by atoms with Crippen molar-refractivity contribution in [3.8, 4) is 0 Å². The Labute approximate surface area is 163 Å². The second-order valence-corrected chi connectivity index (χ2v) is 8.79. The molecule has 2 rings (SSSR count). The molecule has 26 heavy (non-hydrogen) atoms. The van der Waals surface area contributed by atoms with Crippen LogP contribution in [-0.4, -0.2) is 45.8 Å². The van der Waals surface area contributed by atoms with Gasteiger partial charge in [-0.3, -0.25) is 4.79 Å². The van der Waals surface area contributed by atoms with Gasteiger partial charge < -0.3 is 10.2 Å². The predicted molar refractivity (Wildman–Crippen MR) is 108 cm³/mol. The maximum absolute atomic E-state index is 12.5. The van der Waals surface area contributed by atoms with Crippen LogP contribution < -0.4 is 10.2 Å². The summed E-state index contributed by atoms with van der Waals surface area (Å²) in [5, 5.41) is 2.75. The Bertz CT molecular complexity index is 870. The molecule has 0 heterocycles. The van der Waals surface area contributed by atoms with Crippen molar-refractivity contribution in [3.05, 3.63) is 53.0 Å². The van der Waals surface area contributed by atoms with Gasteiger partial charge >= 0.3 is 0 Å². The molecule has 2 aromatic rings. The number of likely N-dealkylation sites (N-methyl/N-ethyl adjacent to an activating group) is 1. The first-order valence-electron chi connectivity index (χ1n) is 8.07. The van der Waals surface area contributed by atoms with Crippen LogP contribution in [-0.2, 0) is 14.8 Å². The average molecular weight is 440 g/mol. The zero-order valence-corrected chi connectivity index (χ0v) is 17.3. The van der Waals surface area contributed by atoms with E-state index in [1.54, 1.807) is 18.2 Å². The van der Waals surface area contributed by atoms with E-state index in [9.17, 15) is 13.2 Å². The van der Waals surface area contributed by atoms with Gasteiger partial charge in [-0.2, -0.15) is 4.31 Å². The fourth-order valence-corrected chi connectivity index (χ4v) is 3.67. The highest BCUT2D eigenvalue weighted by Crippen LogP contribution is 2.20. The zero-order chi connectivity index (χ0) is 19.3. The largest absolute Gasteiger partial charge is 0.375 e. The number of hydrogen-bond acceptors (Lipinski definition) is 4. The summed E-state index contributed by atoms with van der Waals surface area (Å²) in [4.78, 5) is 14.5. The van der Waals surface area contributed by atoms with Crippen molar-refractivity contribution < 1.29 is 13.2 Å². The second-order valence-electron chi connectivity index (χ2n) is 5.83. The number of benzene rings is 2. The van der Waals surface area contributed by atoms with E-state index in [-0.39, 0.29) is 11.4 Å². The highest BCUT2D eigenvalue weighted by atomic mass is 79.9. The molecule has 0 atom stereocenters. The number of anilines is 2. The van der Waals surface area contributed by atoms with Crippen molar-refractivity contribution in [3.63, 3.8) is 0 Å². The third kappa shape index (κ3) is 5.06. The van der Waals surface area contributed by atoms with Crippen LogP contribution in [0.15, 0.2) is 57.9 Å². The smallest absolute Gasteiger partial charge is 0.243 e. The number of hydrogen-bond donors (Lipinski definition) is 1. The summed E-state index contributed by atoms with van der Waals surface area (Å²) >= 11 is 3.27. The molecule has 1 amide bonds. The Morgan fingerprint density at radius 3 is 2.38 bits per heavy atom. The van der Waals surface area contributed by atoms with Gasteiger partial charge in [-0.15, -0.1) is 0 Å². The van der Waals surface area contributed by atoms with Crippen LogP contribution in [0.2, 0.25) is 0 Å². The Hall–Kier alpha value is -1.90. The fourth-order valence-electron chi connectivity index (χ4n) is 2.28. The maximum Gasteiger partial charge on any atom is 0.243 e. The van der Waals surface area contributed by atoms with Crippen molar-refractivity contribution in [1.82, 2.24) is 4.31 Å². The number of nitrogens with zero attached hydrogens (tertiary/aromatic N) is 2. The molecule has 0 aliphatic rings. The third-order valence-electron chi connectivity index (χ3n) is 3.93. The monoisotopic (exact) mass is 439 g/mol. The SMILES string of the molecule is CCN(C)c1cccc(NC(=O)CN(C)S(=O)(=O)c2ccc(Br)cc2)c1. The molecule has 140 valence electrons. The molecular weight excluding hydrogens is 418 g/mol. The van der Waals surface area contributed by atoms with Crippen molar-refractivity contribution >= 4 is 43.2 Å². The van der Waals surface area contributed by atoms with Gasteiger partial charge in [-0.1, -0.05) is 22.0 Å². The lowest BCUT2D eigenvalue weighted by Crippen LogP contribution is -2.35. The number of amides is 1. The van der Waals surface area contributed by atoms with Crippen molar-refractivity contribution in [1.29, 1.82) is 0 Å². The van der Waals surface area contributed by atoms with Gasteiger partial charge in [0.05, 0.1) is 11.4 Å². The lowest BCUT2D eigenvalue weighted by molar-refractivity contribution is -0.116. The van der Waals surface area contributed by atoms with Crippen molar-refractivity contribution in [2.75, 3.05) is 37.4 Å². The minimum Gasteiger partial charge on any atom is -0.375 e. The Kier molecular flexibility index (Phi) is 6.80. The molecule has 0 aromatic heterocycles. The molecule has 6 nitrogen and oxygen atoms in total. The van der Waals surface area contributed by atoms with Gasteiger partial charge in [0.2, 0.25) is 15.9 Å². The third-order valence-corrected chi connectivity index (χ3v) is 6.28. The van der Waals surface area contributed by atoms with E-state index in [2.05, 4.69) is 21.2 Å². The molecule has 0 radical (unpaired) electrons. The first kappa shape index (κ1) is 20.4. The van der Waals surface area contributed by atoms with Crippen LogP contribution in [0.4, 0.5) is 11.4 Å². The molecule has 0 spiro atoms. The number of rotatable bonds is 7. The number of carbonyl (C=O) groups is 1. The van der Waals surface area contributed by atoms with Crippen LogP contribution in [0.25, 0.3) is 0 Å². The molecule has 2 aromatic carbocycles. The fraction of sp³-hybridized carbons (Fsp3) is 0.278. The van der Waals surface area contributed by atoms with Crippen molar-refractivity contribution in [2.24, 2.45) is 0 Å². The molecule has 0 bridgehead atoms. The highest BCUT2D eigenvalue weighted by Gasteiger charge is 2.22. The average Bonchev–Trinajstić information content (AvgIpc) is 2.61. The predicted octanol–water partition coefficient (Wildman–Crippen LogP) is 3.16. The van der Waals surface area contributed by atoms with Crippen LogP contribution in [0, 0.1) is 0 Å². The maximum atomic E-state index is 12.5. The van der Waals surface area contributed by atoms with E-state index >= 15 is 0 Å². The molecular formula is C18H22BrN3O3S. The lowest BCUT2D eigenvalue weighted by atomic mass is 10.2. The van der Waals surface area contributed by atoms with Crippen LogP contribution in [0.5, 0.6) is 0 Å². The van der Waals surface area contributed by atoms with Gasteiger partial charge in [-0.05, 0) is 49.4 Å². The molecule has 1 N–H and O–H groups in total. The Balaban J connectivity index is 2.06. The summed E-state index contributed by atoms with van der Waals surface area (Å²) in [6.45, 7) is 2.60. The minimum absolute atomic E-state index is 0.141. The van der Waals surface area contributed by atoms with Crippen LogP contribution in [0.3, 0.4) is 0 Å². The summed E-state index contributed by atoms with van der Waals surface area (Å²) in [5.74, 6) is -0.399. The second kappa shape index (κ2) is 8.66. The number of carbonyl (C=O) groups excluding carboxylic acids is 1. The van der Waals surface area contributed by atoms with E-state index in [0.29, 0.717) is 5.69 Å². The Morgan fingerprint density at radius 1 is 1.12 bits per heavy atom. The number of sulfonamides is 1. The summed E-state index contributed by atoms with van der Waals surface area (Å²) in [7, 11) is -0.380. The van der Waals surface area contributed by atoms with E-state index in [0.717, 1.165) is 21.0 Å². The highest BCUT2D eigenvalue weighted by molar-refractivity contribution is 9.10. The number of halogens is 1. The van der Waals surface area contributed by atoms with Crippen LogP contribution >= 0.6 is 15.9 Å². The molecule has 0 unspecified atom stereocenters. The normalized spacial score (nSPS) is 11.4.